The molecule has 0 aromatic heterocycles. The average molecular weight is 257 g/mol. The van der Waals surface area contributed by atoms with E-state index in [1.807, 2.05) is 6.92 Å². The molecule has 0 aliphatic heterocycles. The van der Waals surface area contributed by atoms with Gasteiger partial charge in [-0.1, -0.05) is 5.16 Å². The van der Waals surface area contributed by atoms with Crippen molar-refractivity contribution in [2.45, 2.75) is 50.7 Å². The number of carbonyl (C=O) groups excluding carboxylic acids is 1. The maximum atomic E-state index is 12.1. The standard InChI is InChI=1S/C12H23N3O3/c1-9(7-10(13)14-17)15(2)11(16)8-12(18-3)5-4-6-12/h9,17H,4-8H2,1-3H3,(H2,13,14). The number of rotatable bonds is 6. The minimum atomic E-state index is -0.262. The molecule has 0 bridgehead atoms. The second-order valence-corrected chi connectivity index (χ2v) is 5.07. The molecule has 1 saturated carbocycles. The van der Waals surface area contributed by atoms with Crippen LogP contribution in [-0.2, 0) is 9.53 Å². The van der Waals surface area contributed by atoms with E-state index in [-0.39, 0.29) is 23.4 Å². The Kier molecular flexibility index (Phi) is 4.95. The first-order valence-corrected chi connectivity index (χ1v) is 6.21. The molecule has 104 valence electrons. The van der Waals surface area contributed by atoms with Crippen LogP contribution in [0, 0.1) is 0 Å². The molecule has 0 aromatic carbocycles. The number of carbonyl (C=O) groups is 1. The molecule has 6 heteroatoms. The van der Waals surface area contributed by atoms with E-state index in [0.29, 0.717) is 12.8 Å². The van der Waals surface area contributed by atoms with Gasteiger partial charge in [-0.25, -0.2) is 0 Å². The van der Waals surface area contributed by atoms with Crippen LogP contribution >= 0.6 is 0 Å². The van der Waals surface area contributed by atoms with Gasteiger partial charge in [0.25, 0.3) is 0 Å². The summed E-state index contributed by atoms with van der Waals surface area (Å²) in [5.74, 6) is 0.169. The zero-order valence-electron chi connectivity index (χ0n) is 11.3. The molecule has 0 spiro atoms. The van der Waals surface area contributed by atoms with Crippen molar-refractivity contribution in [1.82, 2.24) is 4.90 Å². The van der Waals surface area contributed by atoms with E-state index < -0.39 is 0 Å². The first kappa shape index (κ1) is 14.8. The minimum Gasteiger partial charge on any atom is -0.409 e. The lowest BCUT2D eigenvalue weighted by Crippen LogP contribution is -2.46. The molecule has 18 heavy (non-hydrogen) atoms. The van der Waals surface area contributed by atoms with Crippen molar-refractivity contribution >= 4 is 11.7 Å². The number of hydrogen-bond donors (Lipinski definition) is 2. The maximum Gasteiger partial charge on any atom is 0.225 e. The molecule has 1 aliphatic carbocycles. The van der Waals surface area contributed by atoms with Gasteiger partial charge in [0.15, 0.2) is 0 Å². The van der Waals surface area contributed by atoms with Crippen LogP contribution < -0.4 is 5.73 Å². The largest absolute Gasteiger partial charge is 0.409 e. The Bertz CT molecular complexity index is 321. The number of methoxy groups -OCH3 is 1. The highest BCUT2D eigenvalue weighted by Crippen LogP contribution is 2.38. The molecule has 0 radical (unpaired) electrons. The van der Waals surface area contributed by atoms with Gasteiger partial charge in [0.1, 0.15) is 5.84 Å². The minimum absolute atomic E-state index is 0.0368. The second kappa shape index (κ2) is 6.04. The topological polar surface area (TPSA) is 88.2 Å². The summed E-state index contributed by atoms with van der Waals surface area (Å²) in [5, 5.41) is 11.4. The molecular weight excluding hydrogens is 234 g/mol. The third kappa shape index (κ3) is 3.35. The number of amidine groups is 1. The first-order valence-electron chi connectivity index (χ1n) is 6.21. The maximum absolute atomic E-state index is 12.1. The van der Waals surface area contributed by atoms with E-state index in [9.17, 15) is 4.79 Å². The van der Waals surface area contributed by atoms with Crippen LogP contribution in [0.1, 0.15) is 39.0 Å². The third-order valence-corrected chi connectivity index (χ3v) is 3.86. The van der Waals surface area contributed by atoms with Gasteiger partial charge in [0.2, 0.25) is 5.91 Å². The molecular formula is C12H23N3O3. The summed E-state index contributed by atoms with van der Waals surface area (Å²) in [7, 11) is 3.39. The monoisotopic (exact) mass is 257 g/mol. The van der Waals surface area contributed by atoms with Crippen LogP contribution in [0.3, 0.4) is 0 Å². The van der Waals surface area contributed by atoms with E-state index in [2.05, 4.69) is 5.16 Å². The Labute approximate surface area is 108 Å². The van der Waals surface area contributed by atoms with Gasteiger partial charge in [0.05, 0.1) is 12.0 Å². The highest BCUT2D eigenvalue weighted by molar-refractivity contribution is 5.82. The molecule has 1 atom stereocenters. The fourth-order valence-electron chi connectivity index (χ4n) is 2.15. The van der Waals surface area contributed by atoms with Crippen LogP contribution in [0.5, 0.6) is 0 Å². The molecule has 1 unspecified atom stereocenters. The molecule has 1 fully saturated rings. The van der Waals surface area contributed by atoms with Gasteiger partial charge in [0, 0.05) is 26.6 Å². The lowest BCUT2D eigenvalue weighted by Gasteiger charge is -2.41. The number of nitrogens with two attached hydrogens (primary N) is 1. The Morgan fingerprint density at radius 2 is 2.22 bits per heavy atom. The van der Waals surface area contributed by atoms with Gasteiger partial charge in [-0.3, -0.25) is 4.79 Å². The summed E-state index contributed by atoms with van der Waals surface area (Å²) < 4.78 is 5.44. The number of amides is 1. The van der Waals surface area contributed by atoms with E-state index >= 15 is 0 Å². The number of hydrogen-bond acceptors (Lipinski definition) is 4. The normalized spacial score (nSPS) is 20.1. The Morgan fingerprint density at radius 1 is 1.61 bits per heavy atom. The highest BCUT2D eigenvalue weighted by atomic mass is 16.5. The Hall–Kier alpha value is -1.30. The fourth-order valence-corrected chi connectivity index (χ4v) is 2.15. The average Bonchev–Trinajstić information content (AvgIpc) is 2.32. The van der Waals surface area contributed by atoms with Gasteiger partial charge >= 0.3 is 0 Å². The third-order valence-electron chi connectivity index (χ3n) is 3.86. The van der Waals surface area contributed by atoms with Crippen LogP contribution in [0.15, 0.2) is 5.16 Å². The smallest absolute Gasteiger partial charge is 0.225 e. The number of oxime groups is 1. The zero-order chi connectivity index (χ0) is 13.8. The summed E-state index contributed by atoms with van der Waals surface area (Å²) in [4.78, 5) is 13.8. The zero-order valence-corrected chi connectivity index (χ0v) is 11.3. The fraction of sp³-hybridized carbons (Fsp3) is 0.833. The summed E-state index contributed by atoms with van der Waals surface area (Å²) >= 11 is 0. The molecule has 0 saturated heterocycles. The van der Waals surface area contributed by atoms with Crippen molar-refractivity contribution in [3.8, 4) is 0 Å². The highest BCUT2D eigenvalue weighted by Gasteiger charge is 2.40. The lowest BCUT2D eigenvalue weighted by atomic mass is 9.77. The summed E-state index contributed by atoms with van der Waals surface area (Å²) in [5.41, 5.74) is 5.18. The molecule has 6 nitrogen and oxygen atoms in total. The van der Waals surface area contributed by atoms with Gasteiger partial charge in [-0.2, -0.15) is 0 Å². The van der Waals surface area contributed by atoms with E-state index in [0.717, 1.165) is 19.3 Å². The van der Waals surface area contributed by atoms with Crippen LogP contribution in [0.4, 0.5) is 0 Å². The SMILES string of the molecule is COC1(CC(=O)N(C)C(C)CC(N)=NO)CCC1. The van der Waals surface area contributed by atoms with Crippen LogP contribution in [0.25, 0.3) is 0 Å². The van der Waals surface area contributed by atoms with E-state index in [1.165, 1.54) is 0 Å². The van der Waals surface area contributed by atoms with Crippen LogP contribution in [0.2, 0.25) is 0 Å². The van der Waals surface area contributed by atoms with Crippen molar-refractivity contribution in [1.29, 1.82) is 0 Å². The molecule has 1 aliphatic rings. The summed E-state index contributed by atoms with van der Waals surface area (Å²) in [6, 6.07) is -0.0950. The van der Waals surface area contributed by atoms with Gasteiger partial charge in [-0.15, -0.1) is 0 Å². The number of ether oxygens (including phenoxy) is 1. The van der Waals surface area contributed by atoms with Crippen molar-refractivity contribution < 1.29 is 14.7 Å². The van der Waals surface area contributed by atoms with E-state index in [4.69, 9.17) is 15.7 Å². The van der Waals surface area contributed by atoms with Gasteiger partial charge < -0.3 is 20.6 Å². The molecule has 0 aromatic rings. The number of nitrogens with zero attached hydrogens (tertiary/aromatic N) is 2. The molecule has 1 amide bonds. The van der Waals surface area contributed by atoms with Crippen molar-refractivity contribution in [3.63, 3.8) is 0 Å². The van der Waals surface area contributed by atoms with Crippen LogP contribution in [-0.4, -0.2) is 47.7 Å². The summed E-state index contributed by atoms with van der Waals surface area (Å²) in [6.07, 6.45) is 3.76. The first-order chi connectivity index (χ1) is 8.44. The predicted octanol–water partition coefficient (Wildman–Crippen LogP) is 0.929. The molecule has 0 heterocycles. The predicted molar refractivity (Wildman–Crippen MR) is 68.5 cm³/mol. The Morgan fingerprint density at radius 3 is 2.61 bits per heavy atom. The van der Waals surface area contributed by atoms with Gasteiger partial charge in [-0.05, 0) is 26.2 Å². The molecule has 1 rings (SSSR count). The van der Waals surface area contributed by atoms with Crippen molar-refractivity contribution in [2.75, 3.05) is 14.2 Å². The summed E-state index contributed by atoms with van der Waals surface area (Å²) in [6.45, 7) is 1.87. The van der Waals surface area contributed by atoms with Crippen molar-refractivity contribution in [2.24, 2.45) is 10.9 Å². The van der Waals surface area contributed by atoms with E-state index in [1.54, 1.807) is 19.1 Å². The molecule has 3 N–H and O–H groups in total. The lowest BCUT2D eigenvalue weighted by molar-refractivity contribution is -0.144. The van der Waals surface area contributed by atoms with Crippen molar-refractivity contribution in [3.05, 3.63) is 0 Å². The second-order valence-electron chi connectivity index (χ2n) is 5.07. The Balaban J connectivity index is 2.50. The quantitative estimate of drug-likeness (QED) is 0.321.